The maximum atomic E-state index is 5.63. The van der Waals surface area contributed by atoms with Gasteiger partial charge in [-0.05, 0) is 18.9 Å². The van der Waals surface area contributed by atoms with Gasteiger partial charge in [0, 0.05) is 30.3 Å². The van der Waals surface area contributed by atoms with Gasteiger partial charge in [-0.3, -0.25) is 0 Å². The third-order valence-corrected chi connectivity index (χ3v) is 3.26. The molecule has 0 radical (unpaired) electrons. The zero-order chi connectivity index (χ0) is 10.7. The predicted octanol–water partition coefficient (Wildman–Crippen LogP) is 2.20. The van der Waals surface area contributed by atoms with Crippen molar-refractivity contribution in [3.8, 4) is 0 Å². The minimum atomic E-state index is 0.270. The molecule has 0 aromatic carbocycles. The quantitative estimate of drug-likeness (QED) is 0.823. The van der Waals surface area contributed by atoms with Crippen molar-refractivity contribution in [2.75, 3.05) is 6.54 Å². The van der Waals surface area contributed by atoms with Gasteiger partial charge in [-0.15, -0.1) is 0 Å². The molecule has 0 spiro atoms. The van der Waals surface area contributed by atoms with E-state index in [2.05, 4.69) is 23.0 Å². The summed E-state index contributed by atoms with van der Waals surface area (Å²) in [6.45, 7) is 2.70. The van der Waals surface area contributed by atoms with Crippen LogP contribution in [0.5, 0.6) is 0 Å². The Morgan fingerprint density at radius 3 is 2.87 bits per heavy atom. The van der Waals surface area contributed by atoms with Gasteiger partial charge in [0.1, 0.15) is 5.82 Å². The van der Waals surface area contributed by atoms with Gasteiger partial charge in [-0.1, -0.05) is 19.8 Å². The Morgan fingerprint density at radius 2 is 2.20 bits per heavy atom. The van der Waals surface area contributed by atoms with Crippen LogP contribution in [0.4, 0.5) is 0 Å². The van der Waals surface area contributed by atoms with E-state index in [-0.39, 0.29) is 5.92 Å². The molecule has 3 nitrogen and oxygen atoms in total. The first-order chi connectivity index (χ1) is 7.31. The second-order valence-corrected chi connectivity index (χ2v) is 4.46. The van der Waals surface area contributed by atoms with Crippen LogP contribution in [0.25, 0.3) is 0 Å². The Morgan fingerprint density at radius 1 is 1.47 bits per heavy atom. The van der Waals surface area contributed by atoms with Gasteiger partial charge in [0.25, 0.3) is 0 Å². The third-order valence-electron chi connectivity index (χ3n) is 3.26. The van der Waals surface area contributed by atoms with E-state index in [1.54, 1.807) is 0 Å². The molecule has 0 aliphatic heterocycles. The molecule has 0 saturated heterocycles. The van der Waals surface area contributed by atoms with Crippen molar-refractivity contribution in [2.24, 2.45) is 5.73 Å². The standard InChI is InChI=1S/C12H19N3/c1-9(8-13)12-14-7-6-11(15-12)10-4-2-3-5-10/h6-7,9-10H,2-5,8,13H2,1H3. The van der Waals surface area contributed by atoms with E-state index in [0.717, 1.165) is 5.82 Å². The Kier molecular flexibility index (Phi) is 3.31. The molecular weight excluding hydrogens is 186 g/mol. The average molecular weight is 205 g/mol. The summed E-state index contributed by atoms with van der Waals surface area (Å²) in [6.07, 6.45) is 7.13. The minimum absolute atomic E-state index is 0.270. The minimum Gasteiger partial charge on any atom is -0.330 e. The number of nitrogens with zero attached hydrogens (tertiary/aromatic N) is 2. The van der Waals surface area contributed by atoms with E-state index in [0.29, 0.717) is 12.5 Å². The predicted molar refractivity (Wildman–Crippen MR) is 60.7 cm³/mol. The van der Waals surface area contributed by atoms with Gasteiger partial charge in [-0.2, -0.15) is 0 Å². The zero-order valence-electron chi connectivity index (χ0n) is 9.32. The molecule has 1 aromatic rings. The van der Waals surface area contributed by atoms with Gasteiger partial charge in [0.2, 0.25) is 0 Å². The molecule has 1 heterocycles. The van der Waals surface area contributed by atoms with Crippen molar-refractivity contribution >= 4 is 0 Å². The van der Waals surface area contributed by atoms with Crippen LogP contribution >= 0.6 is 0 Å². The SMILES string of the molecule is CC(CN)c1nccc(C2CCCC2)n1. The van der Waals surface area contributed by atoms with Crippen molar-refractivity contribution in [1.29, 1.82) is 0 Å². The largest absolute Gasteiger partial charge is 0.330 e. The molecule has 1 atom stereocenters. The number of rotatable bonds is 3. The Hall–Kier alpha value is -0.960. The van der Waals surface area contributed by atoms with Crippen LogP contribution in [0.2, 0.25) is 0 Å². The summed E-state index contributed by atoms with van der Waals surface area (Å²) in [5.74, 6) is 1.84. The first kappa shape index (κ1) is 10.6. The first-order valence-corrected chi connectivity index (χ1v) is 5.84. The summed E-state index contributed by atoms with van der Waals surface area (Å²) in [5, 5.41) is 0. The lowest BCUT2D eigenvalue weighted by Crippen LogP contribution is -2.13. The number of hydrogen-bond acceptors (Lipinski definition) is 3. The highest BCUT2D eigenvalue weighted by atomic mass is 14.9. The third kappa shape index (κ3) is 2.34. The van der Waals surface area contributed by atoms with Crippen LogP contribution in [0.1, 0.15) is 56.0 Å². The monoisotopic (exact) mass is 205 g/mol. The van der Waals surface area contributed by atoms with Gasteiger partial charge < -0.3 is 5.73 Å². The molecule has 1 fully saturated rings. The molecule has 1 aromatic heterocycles. The lowest BCUT2D eigenvalue weighted by atomic mass is 10.0. The summed E-state index contributed by atoms with van der Waals surface area (Å²) in [7, 11) is 0. The summed E-state index contributed by atoms with van der Waals surface area (Å²) < 4.78 is 0. The highest BCUT2D eigenvalue weighted by Gasteiger charge is 2.19. The lowest BCUT2D eigenvalue weighted by molar-refractivity contribution is 0.654. The number of nitrogens with two attached hydrogens (primary N) is 1. The fourth-order valence-electron chi connectivity index (χ4n) is 2.18. The first-order valence-electron chi connectivity index (χ1n) is 5.84. The smallest absolute Gasteiger partial charge is 0.132 e. The second kappa shape index (κ2) is 4.71. The molecule has 1 unspecified atom stereocenters. The fourth-order valence-corrected chi connectivity index (χ4v) is 2.18. The van der Waals surface area contributed by atoms with Gasteiger partial charge in [0.15, 0.2) is 0 Å². The van der Waals surface area contributed by atoms with Crippen LogP contribution in [0, 0.1) is 0 Å². The molecule has 82 valence electrons. The normalized spacial score (nSPS) is 19.3. The summed E-state index contributed by atoms with van der Waals surface area (Å²) in [6, 6.07) is 2.06. The van der Waals surface area contributed by atoms with E-state index in [4.69, 9.17) is 5.73 Å². The topological polar surface area (TPSA) is 51.8 Å². The van der Waals surface area contributed by atoms with Gasteiger partial charge in [-0.25, -0.2) is 9.97 Å². The second-order valence-electron chi connectivity index (χ2n) is 4.46. The Labute approximate surface area is 91.1 Å². The van der Waals surface area contributed by atoms with Crippen molar-refractivity contribution < 1.29 is 0 Å². The maximum absolute atomic E-state index is 5.63. The van der Waals surface area contributed by atoms with Crippen LogP contribution in [0.15, 0.2) is 12.3 Å². The molecule has 2 rings (SSSR count). The van der Waals surface area contributed by atoms with Crippen LogP contribution in [0.3, 0.4) is 0 Å². The molecule has 15 heavy (non-hydrogen) atoms. The summed E-state index contributed by atoms with van der Waals surface area (Å²) in [5.41, 5.74) is 6.85. The van der Waals surface area contributed by atoms with Crippen LogP contribution in [-0.2, 0) is 0 Å². The molecule has 1 aliphatic rings. The van der Waals surface area contributed by atoms with E-state index < -0.39 is 0 Å². The molecule has 0 bridgehead atoms. The number of hydrogen-bond donors (Lipinski definition) is 1. The maximum Gasteiger partial charge on any atom is 0.132 e. The average Bonchev–Trinajstić information content (AvgIpc) is 2.82. The lowest BCUT2D eigenvalue weighted by Gasteiger charge is -2.12. The summed E-state index contributed by atoms with van der Waals surface area (Å²) >= 11 is 0. The van der Waals surface area contributed by atoms with E-state index in [1.807, 2.05) is 6.20 Å². The van der Waals surface area contributed by atoms with E-state index in [9.17, 15) is 0 Å². The highest BCUT2D eigenvalue weighted by Crippen LogP contribution is 2.32. The van der Waals surface area contributed by atoms with Crippen molar-refractivity contribution in [2.45, 2.75) is 44.4 Å². The molecule has 1 saturated carbocycles. The van der Waals surface area contributed by atoms with Crippen LogP contribution in [-0.4, -0.2) is 16.5 Å². The van der Waals surface area contributed by atoms with Gasteiger partial charge >= 0.3 is 0 Å². The van der Waals surface area contributed by atoms with Crippen molar-refractivity contribution in [1.82, 2.24) is 9.97 Å². The van der Waals surface area contributed by atoms with Crippen LogP contribution < -0.4 is 5.73 Å². The highest BCUT2D eigenvalue weighted by molar-refractivity contribution is 5.11. The molecule has 1 aliphatic carbocycles. The van der Waals surface area contributed by atoms with E-state index >= 15 is 0 Å². The Balaban J connectivity index is 2.18. The fraction of sp³-hybridized carbons (Fsp3) is 0.667. The van der Waals surface area contributed by atoms with E-state index in [1.165, 1.54) is 31.4 Å². The van der Waals surface area contributed by atoms with Crippen molar-refractivity contribution in [3.63, 3.8) is 0 Å². The Bertz CT molecular complexity index is 318. The van der Waals surface area contributed by atoms with Gasteiger partial charge in [0.05, 0.1) is 0 Å². The molecular formula is C12H19N3. The van der Waals surface area contributed by atoms with Crippen molar-refractivity contribution in [3.05, 3.63) is 23.8 Å². The molecule has 2 N–H and O–H groups in total. The number of aromatic nitrogens is 2. The molecule has 0 amide bonds. The molecule has 3 heteroatoms. The summed E-state index contributed by atoms with van der Waals surface area (Å²) in [4.78, 5) is 8.92. The zero-order valence-corrected chi connectivity index (χ0v) is 9.32.